The fourth-order valence-corrected chi connectivity index (χ4v) is 4.95. The molecule has 3 fully saturated rings. The normalized spacial score (nSPS) is 26.0. The van der Waals surface area contributed by atoms with Crippen molar-refractivity contribution in [2.75, 3.05) is 5.32 Å². The van der Waals surface area contributed by atoms with Gasteiger partial charge < -0.3 is 10.4 Å². The average molecular weight is 417 g/mol. The summed E-state index contributed by atoms with van der Waals surface area (Å²) in [4.78, 5) is 24.6. The number of pyridine rings is 1. The van der Waals surface area contributed by atoms with Crippen LogP contribution in [0, 0.1) is 23.6 Å². The summed E-state index contributed by atoms with van der Waals surface area (Å²) in [5, 5.41) is 20.7. The van der Waals surface area contributed by atoms with E-state index in [1.54, 1.807) is 0 Å². The lowest BCUT2D eigenvalue weighted by atomic mass is 9.61. The van der Waals surface area contributed by atoms with Crippen LogP contribution in [-0.4, -0.2) is 42.3 Å². The predicted molar refractivity (Wildman–Crippen MR) is 104 cm³/mol. The molecular formula is C19H18ClFN6O2. The average Bonchev–Trinajstić information content (AvgIpc) is 3.13. The number of rotatable bonds is 4. The number of halogens is 2. The van der Waals surface area contributed by atoms with Crippen molar-refractivity contribution in [3.63, 3.8) is 0 Å². The van der Waals surface area contributed by atoms with Crippen LogP contribution in [0.4, 0.5) is 10.2 Å². The predicted octanol–water partition coefficient (Wildman–Crippen LogP) is 3.51. The van der Waals surface area contributed by atoms with Crippen molar-refractivity contribution in [3.05, 3.63) is 29.3 Å². The van der Waals surface area contributed by atoms with E-state index in [0.29, 0.717) is 27.6 Å². The van der Waals surface area contributed by atoms with Crippen molar-refractivity contribution in [1.29, 1.82) is 0 Å². The van der Waals surface area contributed by atoms with E-state index in [4.69, 9.17) is 11.6 Å². The number of H-pyrrole nitrogens is 1. The summed E-state index contributed by atoms with van der Waals surface area (Å²) in [5.74, 6) is -0.670. The zero-order valence-electron chi connectivity index (χ0n) is 15.3. The van der Waals surface area contributed by atoms with Gasteiger partial charge in [-0.1, -0.05) is 11.6 Å². The van der Waals surface area contributed by atoms with Crippen LogP contribution in [-0.2, 0) is 4.79 Å². The van der Waals surface area contributed by atoms with Gasteiger partial charge in [-0.05, 0) is 43.6 Å². The van der Waals surface area contributed by atoms with Gasteiger partial charge in [-0.25, -0.2) is 19.3 Å². The molecule has 8 nitrogen and oxygen atoms in total. The fraction of sp³-hybridized carbons (Fsp3) is 0.421. The molecule has 0 aromatic carbocycles. The van der Waals surface area contributed by atoms with E-state index < -0.39 is 17.7 Å². The molecule has 10 heteroatoms. The molecule has 3 aromatic heterocycles. The number of aliphatic carboxylic acids is 1. The summed E-state index contributed by atoms with van der Waals surface area (Å²) < 4.78 is 13.6. The Morgan fingerprint density at radius 3 is 2.72 bits per heavy atom. The van der Waals surface area contributed by atoms with Crippen molar-refractivity contribution in [3.8, 4) is 11.5 Å². The second-order valence-electron chi connectivity index (χ2n) is 7.72. The molecule has 3 N–H and O–H groups in total. The molecule has 0 amide bonds. The third-order valence-electron chi connectivity index (χ3n) is 6.15. The largest absolute Gasteiger partial charge is 0.481 e. The highest BCUT2D eigenvalue weighted by Crippen LogP contribution is 2.46. The number of anilines is 1. The second-order valence-corrected chi connectivity index (χ2v) is 8.13. The molecule has 0 radical (unpaired) electrons. The number of carbonyl (C=O) groups is 1. The number of hydrogen-bond acceptors (Lipinski definition) is 6. The molecule has 150 valence electrons. The molecule has 3 aliphatic carbocycles. The van der Waals surface area contributed by atoms with Crippen LogP contribution < -0.4 is 5.32 Å². The van der Waals surface area contributed by atoms with Crippen LogP contribution in [0.1, 0.15) is 25.7 Å². The van der Waals surface area contributed by atoms with Gasteiger partial charge in [-0.3, -0.25) is 9.89 Å². The third-order valence-corrected chi connectivity index (χ3v) is 6.43. The number of fused-ring (bicyclic) bond motifs is 4. The molecule has 0 spiro atoms. The first-order chi connectivity index (χ1) is 14.0. The molecule has 0 saturated heterocycles. The van der Waals surface area contributed by atoms with Crippen molar-refractivity contribution >= 4 is 34.4 Å². The van der Waals surface area contributed by atoms with Crippen LogP contribution in [0.3, 0.4) is 0 Å². The Morgan fingerprint density at radius 2 is 1.97 bits per heavy atom. The van der Waals surface area contributed by atoms with Crippen molar-refractivity contribution in [1.82, 2.24) is 25.1 Å². The van der Waals surface area contributed by atoms with E-state index in [1.165, 1.54) is 12.3 Å². The number of aromatic nitrogens is 5. The van der Waals surface area contributed by atoms with Crippen LogP contribution in [0.15, 0.2) is 18.5 Å². The molecule has 3 aliphatic rings. The first kappa shape index (κ1) is 18.2. The lowest BCUT2D eigenvalue weighted by Gasteiger charge is -2.47. The second kappa shape index (κ2) is 6.91. The zero-order chi connectivity index (χ0) is 20.1. The maximum atomic E-state index is 13.6. The first-order valence-electron chi connectivity index (χ1n) is 9.53. The van der Waals surface area contributed by atoms with Gasteiger partial charge >= 0.3 is 5.97 Å². The van der Waals surface area contributed by atoms with Crippen LogP contribution >= 0.6 is 11.6 Å². The fourth-order valence-electron chi connectivity index (χ4n) is 4.80. The van der Waals surface area contributed by atoms with Crippen LogP contribution in [0.2, 0.25) is 5.02 Å². The molecule has 6 rings (SSSR count). The Bertz CT molecular complexity index is 1100. The van der Waals surface area contributed by atoms with Gasteiger partial charge in [0.25, 0.3) is 0 Å². The van der Waals surface area contributed by atoms with Crippen molar-refractivity contribution in [2.24, 2.45) is 17.8 Å². The number of carboxylic acids is 1. The van der Waals surface area contributed by atoms with E-state index >= 15 is 0 Å². The minimum atomic E-state index is -0.789. The van der Waals surface area contributed by atoms with E-state index in [1.807, 2.05) is 0 Å². The maximum Gasteiger partial charge on any atom is 0.308 e. The summed E-state index contributed by atoms with van der Waals surface area (Å²) in [6.07, 6.45) is 6.42. The lowest BCUT2D eigenvalue weighted by Crippen LogP contribution is -2.51. The highest BCUT2D eigenvalue weighted by Gasteiger charge is 2.47. The Labute approximate surface area is 169 Å². The van der Waals surface area contributed by atoms with E-state index in [2.05, 4.69) is 30.5 Å². The Hall–Kier alpha value is -2.81. The Morgan fingerprint density at radius 1 is 1.21 bits per heavy atom. The summed E-state index contributed by atoms with van der Waals surface area (Å²) >= 11 is 6.32. The van der Waals surface area contributed by atoms with Gasteiger partial charge in [-0.2, -0.15) is 5.10 Å². The first-order valence-corrected chi connectivity index (χ1v) is 9.91. The van der Waals surface area contributed by atoms with Gasteiger partial charge in [0.2, 0.25) is 0 Å². The molecule has 29 heavy (non-hydrogen) atoms. The van der Waals surface area contributed by atoms with E-state index in [-0.39, 0.29) is 23.7 Å². The van der Waals surface area contributed by atoms with Gasteiger partial charge in [-0.15, -0.1) is 0 Å². The molecule has 2 bridgehead atoms. The van der Waals surface area contributed by atoms with E-state index in [9.17, 15) is 14.3 Å². The smallest absolute Gasteiger partial charge is 0.308 e. The van der Waals surface area contributed by atoms with Gasteiger partial charge in [0.1, 0.15) is 22.4 Å². The molecule has 0 unspecified atom stereocenters. The highest BCUT2D eigenvalue weighted by molar-refractivity contribution is 6.32. The van der Waals surface area contributed by atoms with Crippen LogP contribution in [0.25, 0.3) is 22.6 Å². The standard InChI is InChI=1S/C19H18ClFN6O2/c20-12-7-23-18(15-11-5-10(21)6-22-16(11)27-26-15)25-17(12)24-14-9-3-1-8(2-4-9)13(14)19(28)29/h5-9,13-14H,1-4H2,(H,28,29)(H,22,26,27)(H,23,24,25)/t8?,9?,13-,14-/m0/s1. The van der Waals surface area contributed by atoms with Gasteiger partial charge in [0, 0.05) is 6.04 Å². The highest BCUT2D eigenvalue weighted by atomic mass is 35.5. The number of aromatic amines is 1. The van der Waals surface area contributed by atoms with Crippen molar-refractivity contribution in [2.45, 2.75) is 31.7 Å². The molecule has 3 aromatic rings. The number of nitrogens with zero attached hydrogens (tertiary/aromatic N) is 4. The SMILES string of the molecule is O=C(O)[C@H]1C2CCC(CC2)[C@@H]1Nc1nc(-c2[nH]nc3ncc(F)cc23)ncc1Cl. The molecular weight excluding hydrogens is 399 g/mol. The van der Waals surface area contributed by atoms with Gasteiger partial charge in [0.15, 0.2) is 11.5 Å². The third kappa shape index (κ3) is 3.09. The Balaban J connectivity index is 1.51. The summed E-state index contributed by atoms with van der Waals surface area (Å²) in [7, 11) is 0. The molecule has 3 saturated carbocycles. The summed E-state index contributed by atoms with van der Waals surface area (Å²) in [5.41, 5.74) is 0.775. The monoisotopic (exact) mass is 416 g/mol. The minimum Gasteiger partial charge on any atom is -0.481 e. The summed E-state index contributed by atoms with van der Waals surface area (Å²) in [6, 6.07) is 1.07. The molecule has 3 heterocycles. The number of nitrogens with one attached hydrogen (secondary N) is 2. The molecule has 2 atom stereocenters. The minimum absolute atomic E-state index is 0.167. The maximum absolute atomic E-state index is 13.6. The quantitative estimate of drug-likeness (QED) is 0.595. The van der Waals surface area contributed by atoms with Crippen LogP contribution in [0.5, 0.6) is 0 Å². The number of hydrogen-bond donors (Lipinski definition) is 3. The Kier molecular flexibility index (Phi) is 4.34. The molecule has 0 aliphatic heterocycles. The lowest BCUT2D eigenvalue weighted by molar-refractivity contribution is -0.148. The summed E-state index contributed by atoms with van der Waals surface area (Å²) in [6.45, 7) is 0. The van der Waals surface area contributed by atoms with Crippen molar-refractivity contribution < 1.29 is 14.3 Å². The van der Waals surface area contributed by atoms with Gasteiger partial charge in [0.05, 0.1) is 23.7 Å². The van der Waals surface area contributed by atoms with E-state index in [0.717, 1.165) is 31.9 Å². The topological polar surface area (TPSA) is 117 Å². The number of carboxylic acid groups (broad SMARTS) is 1. The zero-order valence-corrected chi connectivity index (χ0v) is 16.0.